The maximum atomic E-state index is 12.5. The average molecular weight is 392 g/mol. The number of nitrogens with one attached hydrogen (secondary N) is 1. The van der Waals surface area contributed by atoms with Crippen LogP contribution in [0.1, 0.15) is 21.8 Å². The SMILES string of the molecule is COc1ccccc1-n1c(C)cc(/C=C(/C#N)C(=O)Nc2ncc(C)s2)c1C. The van der Waals surface area contributed by atoms with Crippen molar-refractivity contribution in [2.75, 3.05) is 12.4 Å². The van der Waals surface area contributed by atoms with Gasteiger partial charge in [0.05, 0.1) is 12.8 Å². The van der Waals surface area contributed by atoms with Crippen LogP contribution in [0.4, 0.5) is 5.13 Å². The van der Waals surface area contributed by atoms with Crippen molar-refractivity contribution < 1.29 is 9.53 Å². The minimum atomic E-state index is -0.473. The second-order valence-corrected chi connectivity index (χ2v) is 7.47. The number of nitriles is 1. The highest BCUT2D eigenvalue weighted by Gasteiger charge is 2.16. The van der Waals surface area contributed by atoms with Crippen molar-refractivity contribution in [3.63, 3.8) is 0 Å². The van der Waals surface area contributed by atoms with Crippen molar-refractivity contribution in [2.24, 2.45) is 0 Å². The summed E-state index contributed by atoms with van der Waals surface area (Å²) in [5.74, 6) is 0.274. The molecule has 1 amide bonds. The quantitative estimate of drug-likeness (QED) is 0.515. The molecule has 7 heteroatoms. The number of hydrogen-bond donors (Lipinski definition) is 1. The average Bonchev–Trinajstić information content (AvgIpc) is 3.21. The summed E-state index contributed by atoms with van der Waals surface area (Å²) < 4.78 is 7.51. The highest BCUT2D eigenvalue weighted by Crippen LogP contribution is 2.29. The third kappa shape index (κ3) is 3.82. The van der Waals surface area contributed by atoms with E-state index in [2.05, 4.69) is 10.3 Å². The van der Waals surface area contributed by atoms with Crippen LogP contribution in [0.5, 0.6) is 5.75 Å². The first-order valence-electron chi connectivity index (χ1n) is 8.62. The van der Waals surface area contributed by atoms with E-state index < -0.39 is 5.91 Å². The third-order valence-corrected chi connectivity index (χ3v) is 5.13. The molecule has 0 unspecified atom stereocenters. The summed E-state index contributed by atoms with van der Waals surface area (Å²) >= 11 is 1.36. The predicted molar refractivity (Wildman–Crippen MR) is 111 cm³/mol. The Hall–Kier alpha value is -3.37. The van der Waals surface area contributed by atoms with Gasteiger partial charge in [-0.25, -0.2) is 4.98 Å². The van der Waals surface area contributed by atoms with Crippen LogP contribution in [0.15, 0.2) is 42.1 Å². The molecule has 0 saturated carbocycles. The number of rotatable bonds is 5. The molecule has 6 nitrogen and oxygen atoms in total. The number of thiazole rings is 1. The molecule has 1 aromatic carbocycles. The second kappa shape index (κ2) is 8.11. The first-order valence-corrected chi connectivity index (χ1v) is 9.44. The minimum Gasteiger partial charge on any atom is -0.495 e. The summed E-state index contributed by atoms with van der Waals surface area (Å²) in [6.45, 7) is 5.82. The molecule has 3 aromatic rings. The molecule has 0 fully saturated rings. The van der Waals surface area contributed by atoms with Crippen molar-refractivity contribution in [1.82, 2.24) is 9.55 Å². The van der Waals surface area contributed by atoms with E-state index in [1.165, 1.54) is 11.3 Å². The Morgan fingerprint density at radius 2 is 2.07 bits per heavy atom. The number of hydrogen-bond acceptors (Lipinski definition) is 5. The number of carbonyl (C=O) groups is 1. The number of nitrogens with zero attached hydrogens (tertiary/aromatic N) is 3. The first kappa shape index (κ1) is 19.4. The van der Waals surface area contributed by atoms with E-state index in [-0.39, 0.29) is 5.57 Å². The maximum absolute atomic E-state index is 12.5. The van der Waals surface area contributed by atoms with Crippen molar-refractivity contribution >= 4 is 28.5 Å². The molecule has 0 saturated heterocycles. The molecular weight excluding hydrogens is 372 g/mol. The molecule has 28 heavy (non-hydrogen) atoms. The molecule has 2 aromatic heterocycles. The van der Waals surface area contributed by atoms with E-state index in [1.54, 1.807) is 19.4 Å². The Labute approximate surface area is 167 Å². The van der Waals surface area contributed by atoms with Crippen molar-refractivity contribution in [3.8, 4) is 17.5 Å². The van der Waals surface area contributed by atoms with Crippen LogP contribution in [-0.2, 0) is 4.79 Å². The fourth-order valence-corrected chi connectivity index (χ4v) is 3.66. The number of methoxy groups -OCH3 is 1. The molecule has 0 radical (unpaired) electrons. The fraction of sp³-hybridized carbons (Fsp3) is 0.190. The van der Waals surface area contributed by atoms with Gasteiger partial charge in [0.2, 0.25) is 0 Å². The zero-order valence-electron chi connectivity index (χ0n) is 16.1. The van der Waals surface area contributed by atoms with Crippen LogP contribution in [0, 0.1) is 32.1 Å². The summed E-state index contributed by atoms with van der Waals surface area (Å²) in [7, 11) is 1.63. The number of aryl methyl sites for hydroxylation is 2. The van der Waals surface area contributed by atoms with Gasteiger partial charge in [-0.1, -0.05) is 12.1 Å². The fourth-order valence-electron chi connectivity index (χ4n) is 3.00. The van der Waals surface area contributed by atoms with Gasteiger partial charge in [-0.2, -0.15) is 5.26 Å². The van der Waals surface area contributed by atoms with Crippen LogP contribution in [0.3, 0.4) is 0 Å². The van der Waals surface area contributed by atoms with Gasteiger partial charge in [0.25, 0.3) is 5.91 Å². The summed E-state index contributed by atoms with van der Waals surface area (Å²) in [6, 6.07) is 11.6. The Kier molecular flexibility index (Phi) is 5.62. The number of para-hydroxylation sites is 2. The zero-order valence-corrected chi connectivity index (χ0v) is 16.9. The van der Waals surface area contributed by atoms with Crippen molar-refractivity contribution in [3.05, 3.63) is 63.9 Å². The topological polar surface area (TPSA) is 79.9 Å². The van der Waals surface area contributed by atoms with E-state index in [1.807, 2.05) is 61.7 Å². The van der Waals surface area contributed by atoms with E-state index in [4.69, 9.17) is 4.74 Å². The van der Waals surface area contributed by atoms with Gasteiger partial charge in [-0.3, -0.25) is 10.1 Å². The maximum Gasteiger partial charge on any atom is 0.268 e. The van der Waals surface area contributed by atoms with Crippen molar-refractivity contribution in [2.45, 2.75) is 20.8 Å². The molecule has 0 bridgehead atoms. The molecule has 3 rings (SSSR count). The Balaban J connectivity index is 1.97. The number of anilines is 1. The standard InChI is InChI=1S/C21H20N4O2S/c1-13-9-16(15(3)25(13)18-7-5-6-8-19(18)27-4)10-17(11-22)20(26)24-21-23-12-14(2)28-21/h5-10,12H,1-4H3,(H,23,24,26)/b17-10-. The zero-order chi connectivity index (χ0) is 20.3. The largest absolute Gasteiger partial charge is 0.495 e. The first-order chi connectivity index (χ1) is 13.4. The van der Waals surface area contributed by atoms with Crippen LogP contribution >= 0.6 is 11.3 Å². The summed E-state index contributed by atoms with van der Waals surface area (Å²) in [5.41, 5.74) is 3.61. The lowest BCUT2D eigenvalue weighted by atomic mass is 10.1. The van der Waals surface area contributed by atoms with E-state index in [0.717, 1.165) is 33.3 Å². The summed E-state index contributed by atoms with van der Waals surface area (Å²) in [5, 5.41) is 12.6. The third-order valence-electron chi connectivity index (χ3n) is 4.30. The molecule has 0 spiro atoms. The van der Waals surface area contributed by atoms with Gasteiger partial charge in [-0.05, 0) is 50.6 Å². The Morgan fingerprint density at radius 3 is 2.71 bits per heavy atom. The van der Waals surface area contributed by atoms with Gasteiger partial charge in [0, 0.05) is 22.5 Å². The molecule has 0 atom stereocenters. The lowest BCUT2D eigenvalue weighted by Gasteiger charge is -2.13. The number of amides is 1. The highest BCUT2D eigenvalue weighted by molar-refractivity contribution is 7.15. The molecule has 0 aliphatic heterocycles. The van der Waals surface area contributed by atoms with Crippen LogP contribution in [0.25, 0.3) is 11.8 Å². The summed E-state index contributed by atoms with van der Waals surface area (Å²) in [4.78, 5) is 17.6. The van der Waals surface area contributed by atoms with Gasteiger partial charge in [-0.15, -0.1) is 11.3 Å². The smallest absolute Gasteiger partial charge is 0.268 e. The molecule has 0 aliphatic carbocycles. The molecule has 0 aliphatic rings. The number of aromatic nitrogens is 2. The molecule has 142 valence electrons. The van der Waals surface area contributed by atoms with Gasteiger partial charge in [0.15, 0.2) is 5.13 Å². The lowest BCUT2D eigenvalue weighted by Crippen LogP contribution is -2.13. The molecular formula is C21H20N4O2S. The van der Waals surface area contributed by atoms with Crippen LogP contribution in [-0.4, -0.2) is 22.6 Å². The second-order valence-electron chi connectivity index (χ2n) is 6.23. The highest BCUT2D eigenvalue weighted by atomic mass is 32.1. The molecule has 1 N–H and O–H groups in total. The normalized spacial score (nSPS) is 11.2. The van der Waals surface area contributed by atoms with E-state index >= 15 is 0 Å². The van der Waals surface area contributed by atoms with Crippen molar-refractivity contribution in [1.29, 1.82) is 5.26 Å². The number of ether oxygens (including phenoxy) is 1. The van der Waals surface area contributed by atoms with E-state index in [9.17, 15) is 10.1 Å². The Morgan fingerprint density at radius 1 is 1.32 bits per heavy atom. The van der Waals surface area contributed by atoms with Gasteiger partial charge in [0.1, 0.15) is 17.4 Å². The number of carbonyl (C=O) groups excluding carboxylic acids is 1. The van der Waals surface area contributed by atoms with E-state index in [0.29, 0.717) is 5.13 Å². The Bertz CT molecular complexity index is 1100. The molecule has 2 heterocycles. The van der Waals surface area contributed by atoms with Crippen LogP contribution in [0.2, 0.25) is 0 Å². The van der Waals surface area contributed by atoms with Crippen LogP contribution < -0.4 is 10.1 Å². The van der Waals surface area contributed by atoms with Gasteiger partial charge < -0.3 is 9.30 Å². The number of benzene rings is 1. The monoisotopic (exact) mass is 392 g/mol. The lowest BCUT2D eigenvalue weighted by molar-refractivity contribution is -0.112. The minimum absolute atomic E-state index is 0.0214. The predicted octanol–water partition coefficient (Wildman–Crippen LogP) is 4.41. The van der Waals surface area contributed by atoms with Gasteiger partial charge >= 0.3 is 0 Å². The summed E-state index contributed by atoms with van der Waals surface area (Å²) in [6.07, 6.45) is 3.28.